The van der Waals surface area contributed by atoms with Crippen molar-refractivity contribution in [2.45, 2.75) is 19.6 Å². The van der Waals surface area contributed by atoms with Gasteiger partial charge in [0.05, 0.1) is 36.7 Å². The summed E-state index contributed by atoms with van der Waals surface area (Å²) in [5.74, 6) is -0.225. The van der Waals surface area contributed by atoms with E-state index < -0.39 is 0 Å². The number of rotatable bonds is 5. The number of benzene rings is 2. The molecule has 0 aliphatic carbocycles. The second-order valence-corrected chi connectivity index (χ2v) is 9.54. The number of aromatic amines is 2. The topological polar surface area (TPSA) is 98.9 Å². The highest BCUT2D eigenvalue weighted by atomic mass is 32.1. The average Bonchev–Trinajstić information content (AvgIpc) is 3.59. The number of thiazole rings is 1. The number of carbonyl (C=O) groups is 1. The summed E-state index contributed by atoms with van der Waals surface area (Å²) in [7, 11) is 0. The van der Waals surface area contributed by atoms with Crippen molar-refractivity contribution in [3.8, 4) is 11.1 Å². The molecule has 1 aliphatic heterocycles. The number of anilines is 1. The molecule has 9 heteroatoms. The van der Waals surface area contributed by atoms with Crippen LogP contribution < -0.4 is 5.32 Å². The number of morpholine rings is 1. The summed E-state index contributed by atoms with van der Waals surface area (Å²) in [6.45, 7) is 5.29. The number of aromatic nitrogens is 4. The standard InChI is InChI=1S/C25H24N6O2S/c1-15-12-31(7-8-33-15)13-24-28-23(14-34-24)25(32)29-21-9-16(10-22-19(21)11-27-30-22)17-3-2-4-20-18(17)5-6-26-20/h2-6,9-11,14-15,26H,7-8,12-13H2,1H3,(H,27,30)(H,29,32). The lowest BCUT2D eigenvalue weighted by molar-refractivity contribution is -0.0212. The molecule has 3 N–H and O–H groups in total. The van der Waals surface area contributed by atoms with Gasteiger partial charge in [-0.2, -0.15) is 5.10 Å². The van der Waals surface area contributed by atoms with Gasteiger partial charge in [0, 0.05) is 41.0 Å². The first-order valence-electron chi connectivity index (χ1n) is 11.3. The first kappa shape index (κ1) is 21.0. The number of amides is 1. The predicted molar refractivity (Wildman–Crippen MR) is 134 cm³/mol. The van der Waals surface area contributed by atoms with Crippen molar-refractivity contribution >= 4 is 44.7 Å². The third kappa shape index (κ3) is 3.98. The minimum atomic E-state index is -0.225. The second-order valence-electron chi connectivity index (χ2n) is 8.60. The van der Waals surface area contributed by atoms with Gasteiger partial charge in [-0.25, -0.2) is 4.98 Å². The van der Waals surface area contributed by atoms with Crippen molar-refractivity contribution < 1.29 is 9.53 Å². The highest BCUT2D eigenvalue weighted by Crippen LogP contribution is 2.34. The maximum absolute atomic E-state index is 13.1. The summed E-state index contributed by atoms with van der Waals surface area (Å²) in [4.78, 5) is 23.3. The third-order valence-electron chi connectivity index (χ3n) is 6.18. The molecule has 172 valence electrons. The van der Waals surface area contributed by atoms with E-state index in [0.717, 1.165) is 64.2 Å². The Labute approximate surface area is 200 Å². The molecule has 34 heavy (non-hydrogen) atoms. The van der Waals surface area contributed by atoms with Gasteiger partial charge in [-0.15, -0.1) is 11.3 Å². The first-order valence-corrected chi connectivity index (χ1v) is 12.2. The van der Waals surface area contributed by atoms with Crippen molar-refractivity contribution in [2.75, 3.05) is 25.0 Å². The Hall–Kier alpha value is -3.53. The van der Waals surface area contributed by atoms with E-state index in [-0.39, 0.29) is 12.0 Å². The van der Waals surface area contributed by atoms with E-state index in [1.165, 1.54) is 11.3 Å². The van der Waals surface area contributed by atoms with Crippen LogP contribution in [0.5, 0.6) is 0 Å². The molecule has 8 nitrogen and oxygen atoms in total. The summed E-state index contributed by atoms with van der Waals surface area (Å²) in [6, 6.07) is 12.3. The fraction of sp³-hybridized carbons (Fsp3) is 0.240. The van der Waals surface area contributed by atoms with Crippen LogP contribution in [0.1, 0.15) is 22.4 Å². The van der Waals surface area contributed by atoms with E-state index in [1.54, 1.807) is 6.20 Å². The Morgan fingerprint density at radius 1 is 1.26 bits per heavy atom. The van der Waals surface area contributed by atoms with Crippen LogP contribution in [0.3, 0.4) is 0 Å². The molecule has 4 heterocycles. The van der Waals surface area contributed by atoms with Gasteiger partial charge in [0.1, 0.15) is 10.7 Å². The smallest absolute Gasteiger partial charge is 0.275 e. The fourth-order valence-electron chi connectivity index (χ4n) is 4.55. The summed E-state index contributed by atoms with van der Waals surface area (Å²) in [5, 5.41) is 15.0. The molecule has 1 unspecified atom stereocenters. The normalized spacial score (nSPS) is 16.9. The number of hydrogen-bond donors (Lipinski definition) is 3. The number of nitrogens with zero attached hydrogens (tertiary/aromatic N) is 3. The first-order chi connectivity index (χ1) is 16.6. The van der Waals surface area contributed by atoms with E-state index in [1.807, 2.05) is 29.8 Å². The molecule has 0 spiro atoms. The van der Waals surface area contributed by atoms with Crippen LogP contribution in [0.4, 0.5) is 5.69 Å². The maximum atomic E-state index is 13.1. The largest absolute Gasteiger partial charge is 0.376 e. The van der Waals surface area contributed by atoms with Gasteiger partial charge in [-0.3, -0.25) is 14.8 Å². The van der Waals surface area contributed by atoms with Crippen molar-refractivity contribution in [1.29, 1.82) is 0 Å². The fourth-order valence-corrected chi connectivity index (χ4v) is 5.36. The SMILES string of the molecule is CC1CN(Cc2nc(C(=O)Nc3cc(-c4cccc5[nH]ccc45)cc4[nH]ncc34)cs2)CCO1. The van der Waals surface area contributed by atoms with Crippen molar-refractivity contribution in [1.82, 2.24) is 25.1 Å². The van der Waals surface area contributed by atoms with Crippen LogP contribution in [0.2, 0.25) is 0 Å². The van der Waals surface area contributed by atoms with Gasteiger partial charge in [0.25, 0.3) is 5.91 Å². The lowest BCUT2D eigenvalue weighted by Gasteiger charge is -2.30. The molecule has 0 radical (unpaired) electrons. The molecule has 0 saturated carbocycles. The van der Waals surface area contributed by atoms with E-state index >= 15 is 0 Å². The Kier molecular flexibility index (Phi) is 5.37. The maximum Gasteiger partial charge on any atom is 0.275 e. The number of fused-ring (bicyclic) bond motifs is 2. The van der Waals surface area contributed by atoms with Crippen molar-refractivity contribution in [3.05, 3.63) is 64.9 Å². The van der Waals surface area contributed by atoms with E-state index in [0.29, 0.717) is 11.4 Å². The van der Waals surface area contributed by atoms with Gasteiger partial charge in [0.2, 0.25) is 0 Å². The lowest BCUT2D eigenvalue weighted by atomic mass is 9.99. The molecule has 2 aromatic carbocycles. The van der Waals surface area contributed by atoms with Crippen LogP contribution in [0, 0.1) is 0 Å². The minimum absolute atomic E-state index is 0.221. The summed E-state index contributed by atoms with van der Waals surface area (Å²) in [6.07, 6.45) is 3.89. The summed E-state index contributed by atoms with van der Waals surface area (Å²) in [5.41, 5.74) is 5.14. The molecule has 1 amide bonds. The number of nitrogens with one attached hydrogen (secondary N) is 3. The van der Waals surface area contributed by atoms with Crippen LogP contribution in [-0.2, 0) is 11.3 Å². The zero-order valence-corrected chi connectivity index (χ0v) is 19.5. The molecular formula is C25H24N6O2S. The Morgan fingerprint density at radius 2 is 2.21 bits per heavy atom. The lowest BCUT2D eigenvalue weighted by Crippen LogP contribution is -2.40. The van der Waals surface area contributed by atoms with Crippen LogP contribution in [0.25, 0.3) is 32.9 Å². The number of carbonyl (C=O) groups excluding carboxylic acids is 1. The number of ether oxygens (including phenoxy) is 1. The van der Waals surface area contributed by atoms with Crippen LogP contribution in [-0.4, -0.2) is 56.8 Å². The molecule has 0 bridgehead atoms. The molecule has 1 aliphatic rings. The van der Waals surface area contributed by atoms with Crippen molar-refractivity contribution in [3.63, 3.8) is 0 Å². The molecule has 6 rings (SSSR count). The third-order valence-corrected chi connectivity index (χ3v) is 7.01. The Morgan fingerprint density at radius 3 is 3.12 bits per heavy atom. The highest BCUT2D eigenvalue weighted by Gasteiger charge is 2.20. The Bertz CT molecular complexity index is 1490. The summed E-state index contributed by atoms with van der Waals surface area (Å²) < 4.78 is 5.61. The van der Waals surface area contributed by atoms with Gasteiger partial charge in [-0.05, 0) is 42.3 Å². The molecule has 1 atom stereocenters. The zero-order valence-electron chi connectivity index (χ0n) is 18.7. The van der Waals surface area contributed by atoms with E-state index in [9.17, 15) is 4.79 Å². The Balaban J connectivity index is 1.27. The second kappa shape index (κ2) is 8.68. The minimum Gasteiger partial charge on any atom is -0.376 e. The molecular weight excluding hydrogens is 448 g/mol. The van der Waals surface area contributed by atoms with Gasteiger partial charge in [-0.1, -0.05) is 12.1 Å². The molecule has 3 aromatic heterocycles. The van der Waals surface area contributed by atoms with Crippen LogP contribution in [0.15, 0.2) is 54.2 Å². The number of H-pyrrole nitrogens is 2. The van der Waals surface area contributed by atoms with Crippen molar-refractivity contribution in [2.24, 2.45) is 0 Å². The molecule has 1 saturated heterocycles. The average molecular weight is 473 g/mol. The quantitative estimate of drug-likeness (QED) is 0.346. The van der Waals surface area contributed by atoms with Gasteiger partial charge in [0.15, 0.2) is 0 Å². The summed E-state index contributed by atoms with van der Waals surface area (Å²) >= 11 is 1.51. The number of hydrogen-bond acceptors (Lipinski definition) is 6. The highest BCUT2D eigenvalue weighted by molar-refractivity contribution is 7.09. The van der Waals surface area contributed by atoms with Gasteiger partial charge < -0.3 is 15.0 Å². The van der Waals surface area contributed by atoms with Crippen LogP contribution >= 0.6 is 11.3 Å². The predicted octanol–water partition coefficient (Wildman–Crippen LogP) is 4.64. The monoisotopic (exact) mass is 472 g/mol. The van der Waals surface area contributed by atoms with Gasteiger partial charge >= 0.3 is 0 Å². The van der Waals surface area contributed by atoms with E-state index in [4.69, 9.17) is 4.74 Å². The molecule has 5 aromatic rings. The zero-order chi connectivity index (χ0) is 23.1. The van der Waals surface area contributed by atoms with E-state index in [2.05, 4.69) is 55.5 Å². The molecule has 1 fully saturated rings.